The van der Waals surface area contributed by atoms with Gasteiger partial charge in [0.1, 0.15) is 5.75 Å². The van der Waals surface area contributed by atoms with E-state index in [1.165, 1.54) is 21.3 Å². The minimum absolute atomic E-state index is 0.144. The minimum atomic E-state index is -0.175. The SMILES string of the molecule is COCCCOc1ccc(C(=CC(=O)N2CCN(C(=O)c3cc(OC)c(OC)c(OC)c3)CC2)c2cccc(Cl)c2)cc1. The van der Waals surface area contributed by atoms with E-state index in [9.17, 15) is 9.59 Å². The zero-order chi connectivity index (χ0) is 30.8. The first kappa shape index (κ1) is 31.7. The molecule has 0 aliphatic carbocycles. The van der Waals surface area contributed by atoms with Crippen molar-refractivity contribution in [1.29, 1.82) is 0 Å². The van der Waals surface area contributed by atoms with Crippen molar-refractivity contribution in [1.82, 2.24) is 9.80 Å². The first-order valence-electron chi connectivity index (χ1n) is 14.0. The van der Waals surface area contributed by atoms with Crippen molar-refractivity contribution in [2.24, 2.45) is 0 Å². The Morgan fingerprint density at radius 2 is 1.42 bits per heavy atom. The lowest BCUT2D eigenvalue weighted by Crippen LogP contribution is -2.50. The predicted octanol–water partition coefficient (Wildman–Crippen LogP) is 5.20. The summed E-state index contributed by atoms with van der Waals surface area (Å²) in [6, 6.07) is 18.3. The van der Waals surface area contributed by atoms with Gasteiger partial charge in [0, 0.05) is 63.0 Å². The molecule has 9 nitrogen and oxygen atoms in total. The largest absolute Gasteiger partial charge is 0.494 e. The zero-order valence-electron chi connectivity index (χ0n) is 24.9. The van der Waals surface area contributed by atoms with Gasteiger partial charge in [-0.25, -0.2) is 0 Å². The van der Waals surface area contributed by atoms with Gasteiger partial charge in [-0.2, -0.15) is 0 Å². The van der Waals surface area contributed by atoms with Crippen LogP contribution in [0.2, 0.25) is 5.02 Å². The van der Waals surface area contributed by atoms with Crippen LogP contribution in [0, 0.1) is 0 Å². The number of carbonyl (C=O) groups is 2. The summed E-state index contributed by atoms with van der Waals surface area (Å²) in [7, 11) is 6.19. The lowest BCUT2D eigenvalue weighted by atomic mass is 9.97. The second-order valence-corrected chi connectivity index (χ2v) is 10.3. The van der Waals surface area contributed by atoms with Gasteiger partial charge in [-0.3, -0.25) is 9.59 Å². The monoisotopic (exact) mass is 608 g/mol. The normalized spacial score (nSPS) is 13.5. The molecule has 0 spiro atoms. The number of piperazine rings is 1. The Labute approximate surface area is 257 Å². The van der Waals surface area contributed by atoms with E-state index in [-0.39, 0.29) is 11.8 Å². The molecular weight excluding hydrogens is 572 g/mol. The van der Waals surface area contributed by atoms with Crippen LogP contribution in [-0.4, -0.2) is 89.4 Å². The molecule has 0 radical (unpaired) electrons. The minimum Gasteiger partial charge on any atom is -0.494 e. The molecule has 1 aliphatic heterocycles. The molecule has 4 rings (SSSR count). The van der Waals surface area contributed by atoms with Gasteiger partial charge in [-0.05, 0) is 53.1 Å². The van der Waals surface area contributed by atoms with Gasteiger partial charge in [-0.1, -0.05) is 35.9 Å². The lowest BCUT2D eigenvalue weighted by Gasteiger charge is -2.34. The number of methoxy groups -OCH3 is 4. The fraction of sp³-hybridized carbons (Fsp3) is 0.333. The van der Waals surface area contributed by atoms with Crippen LogP contribution >= 0.6 is 11.6 Å². The molecular formula is C33H37ClN2O7. The smallest absolute Gasteiger partial charge is 0.254 e. The van der Waals surface area contributed by atoms with E-state index in [1.54, 1.807) is 41.2 Å². The highest BCUT2D eigenvalue weighted by Gasteiger charge is 2.26. The van der Waals surface area contributed by atoms with E-state index >= 15 is 0 Å². The molecule has 0 bridgehead atoms. The van der Waals surface area contributed by atoms with Crippen molar-refractivity contribution in [3.63, 3.8) is 0 Å². The van der Waals surface area contributed by atoms with E-state index in [1.807, 2.05) is 42.5 Å². The summed E-state index contributed by atoms with van der Waals surface area (Å²) in [5, 5.41) is 0.577. The van der Waals surface area contributed by atoms with Crippen LogP contribution in [0.1, 0.15) is 27.9 Å². The predicted molar refractivity (Wildman–Crippen MR) is 166 cm³/mol. The summed E-state index contributed by atoms with van der Waals surface area (Å²) in [5.41, 5.74) is 2.85. The molecule has 228 valence electrons. The summed E-state index contributed by atoms with van der Waals surface area (Å²) < 4.78 is 27.0. The van der Waals surface area contributed by atoms with Crippen LogP contribution in [0.3, 0.4) is 0 Å². The fourth-order valence-electron chi connectivity index (χ4n) is 4.85. The van der Waals surface area contributed by atoms with E-state index in [0.717, 1.165) is 28.9 Å². The quantitative estimate of drug-likeness (QED) is 0.206. The average Bonchev–Trinajstić information content (AvgIpc) is 3.04. The highest BCUT2D eigenvalue weighted by atomic mass is 35.5. The standard InChI is InChI=1S/C33H37ClN2O7/c1-39-17-6-18-43-27-11-9-23(10-12-27)28(24-7-5-8-26(34)19-24)22-31(37)35-13-15-36(16-14-35)33(38)25-20-29(40-2)32(42-4)30(21-25)41-3/h5,7-12,19-22H,6,13-18H2,1-4H3. The Morgan fingerprint density at radius 3 is 2.00 bits per heavy atom. The Bertz CT molecular complexity index is 1410. The third-order valence-corrected chi connectivity index (χ3v) is 7.36. The van der Waals surface area contributed by atoms with Crippen LogP contribution in [-0.2, 0) is 9.53 Å². The van der Waals surface area contributed by atoms with Gasteiger partial charge in [0.15, 0.2) is 11.5 Å². The second-order valence-electron chi connectivity index (χ2n) is 9.82. The van der Waals surface area contributed by atoms with Crippen molar-refractivity contribution in [2.45, 2.75) is 6.42 Å². The molecule has 1 heterocycles. The number of hydrogen-bond acceptors (Lipinski definition) is 7. The van der Waals surface area contributed by atoms with Crippen LogP contribution in [0.4, 0.5) is 0 Å². The molecule has 0 saturated carbocycles. The first-order valence-corrected chi connectivity index (χ1v) is 14.3. The van der Waals surface area contributed by atoms with E-state index in [2.05, 4.69) is 0 Å². The van der Waals surface area contributed by atoms with Gasteiger partial charge >= 0.3 is 0 Å². The number of nitrogens with zero attached hydrogens (tertiary/aromatic N) is 2. The molecule has 1 saturated heterocycles. The van der Waals surface area contributed by atoms with Crippen molar-refractivity contribution in [2.75, 3.05) is 67.8 Å². The topological polar surface area (TPSA) is 86.8 Å². The Hall–Kier alpha value is -4.21. The summed E-state index contributed by atoms with van der Waals surface area (Å²) in [4.78, 5) is 30.3. The van der Waals surface area contributed by atoms with Crippen LogP contribution in [0.25, 0.3) is 5.57 Å². The van der Waals surface area contributed by atoms with Gasteiger partial charge in [0.05, 0.1) is 27.9 Å². The number of amides is 2. The van der Waals surface area contributed by atoms with E-state index < -0.39 is 0 Å². The fourth-order valence-corrected chi connectivity index (χ4v) is 5.04. The lowest BCUT2D eigenvalue weighted by molar-refractivity contribution is -0.127. The highest BCUT2D eigenvalue weighted by Crippen LogP contribution is 2.38. The van der Waals surface area contributed by atoms with Crippen LogP contribution < -0.4 is 18.9 Å². The van der Waals surface area contributed by atoms with Gasteiger partial charge in [-0.15, -0.1) is 0 Å². The molecule has 0 unspecified atom stereocenters. The second kappa shape index (κ2) is 15.3. The Morgan fingerprint density at radius 1 is 0.767 bits per heavy atom. The molecule has 1 aliphatic rings. The number of ether oxygens (including phenoxy) is 5. The summed E-state index contributed by atoms with van der Waals surface area (Å²) in [5.74, 6) is 1.65. The number of halogens is 1. The maximum absolute atomic E-state index is 13.5. The summed E-state index contributed by atoms with van der Waals surface area (Å²) >= 11 is 6.31. The third-order valence-electron chi connectivity index (χ3n) is 7.12. The molecule has 0 N–H and O–H groups in total. The Kier molecular flexibility index (Phi) is 11.3. The number of rotatable bonds is 12. The maximum atomic E-state index is 13.5. The molecule has 3 aromatic rings. The molecule has 0 atom stereocenters. The Balaban J connectivity index is 1.48. The molecule has 43 heavy (non-hydrogen) atoms. The number of hydrogen-bond donors (Lipinski definition) is 0. The number of carbonyl (C=O) groups excluding carboxylic acids is 2. The zero-order valence-corrected chi connectivity index (χ0v) is 25.7. The molecule has 0 aromatic heterocycles. The van der Waals surface area contributed by atoms with Crippen LogP contribution in [0.15, 0.2) is 66.7 Å². The van der Waals surface area contributed by atoms with Gasteiger partial charge in [0.25, 0.3) is 5.91 Å². The van der Waals surface area contributed by atoms with Gasteiger partial charge in [0.2, 0.25) is 11.7 Å². The highest BCUT2D eigenvalue weighted by molar-refractivity contribution is 6.30. The molecule has 2 amide bonds. The molecule has 1 fully saturated rings. The molecule has 3 aromatic carbocycles. The third kappa shape index (κ3) is 8.00. The number of benzene rings is 3. The first-order chi connectivity index (χ1) is 20.9. The average molecular weight is 609 g/mol. The van der Waals surface area contributed by atoms with Crippen molar-refractivity contribution < 1.29 is 33.3 Å². The maximum Gasteiger partial charge on any atom is 0.254 e. The van der Waals surface area contributed by atoms with Crippen LogP contribution in [0.5, 0.6) is 23.0 Å². The molecule has 10 heteroatoms. The summed E-state index contributed by atoms with van der Waals surface area (Å²) in [6.07, 6.45) is 2.43. The van der Waals surface area contributed by atoms with Crippen molar-refractivity contribution in [3.05, 3.63) is 88.5 Å². The van der Waals surface area contributed by atoms with E-state index in [4.69, 9.17) is 35.3 Å². The van der Waals surface area contributed by atoms with Crippen molar-refractivity contribution >= 4 is 29.0 Å². The van der Waals surface area contributed by atoms with Gasteiger partial charge < -0.3 is 33.5 Å². The van der Waals surface area contributed by atoms with Crippen molar-refractivity contribution in [3.8, 4) is 23.0 Å². The summed E-state index contributed by atoms with van der Waals surface area (Å²) in [6.45, 7) is 2.74. The van der Waals surface area contributed by atoms with E-state index in [0.29, 0.717) is 67.2 Å².